The molecule has 0 amide bonds. The molecule has 0 unspecified atom stereocenters. The summed E-state index contributed by atoms with van der Waals surface area (Å²) in [6, 6.07) is 7.80. The fourth-order valence-electron chi connectivity index (χ4n) is 1.10. The number of nitrogens with zero attached hydrogens (tertiary/aromatic N) is 2. The quantitative estimate of drug-likeness (QED) is 0.719. The SMILES string of the molecule is Fc1nccnc1-c1ccc[c]c1Cl. The molecule has 0 N–H and O–H groups in total. The largest absolute Gasteiger partial charge is 0.250 e. The van der Waals surface area contributed by atoms with Crippen LogP contribution in [0.25, 0.3) is 11.3 Å². The van der Waals surface area contributed by atoms with Gasteiger partial charge in [0, 0.05) is 24.0 Å². The highest BCUT2D eigenvalue weighted by Crippen LogP contribution is 2.26. The molecule has 1 aromatic heterocycles. The van der Waals surface area contributed by atoms with Crippen LogP contribution in [0, 0.1) is 12.0 Å². The van der Waals surface area contributed by atoms with Crippen LogP contribution in [0.1, 0.15) is 0 Å². The van der Waals surface area contributed by atoms with Gasteiger partial charge in [0.05, 0.1) is 5.02 Å². The molecule has 2 rings (SSSR count). The third-order valence-electron chi connectivity index (χ3n) is 1.71. The van der Waals surface area contributed by atoms with E-state index in [0.29, 0.717) is 10.6 Å². The van der Waals surface area contributed by atoms with Crippen LogP contribution < -0.4 is 0 Å². The van der Waals surface area contributed by atoms with Crippen LogP contribution >= 0.6 is 11.6 Å². The normalized spacial score (nSPS) is 10.1. The van der Waals surface area contributed by atoms with E-state index >= 15 is 0 Å². The first-order chi connectivity index (χ1) is 6.79. The molecule has 0 bridgehead atoms. The lowest BCUT2D eigenvalue weighted by Gasteiger charge is -2.02. The van der Waals surface area contributed by atoms with Crippen molar-refractivity contribution in [2.75, 3.05) is 0 Å². The molecule has 1 heterocycles. The van der Waals surface area contributed by atoms with Crippen LogP contribution in [-0.2, 0) is 0 Å². The highest BCUT2D eigenvalue weighted by molar-refractivity contribution is 6.33. The molecular weight excluding hydrogens is 203 g/mol. The molecule has 0 saturated heterocycles. The Morgan fingerprint density at radius 2 is 2.07 bits per heavy atom. The summed E-state index contributed by atoms with van der Waals surface area (Å²) < 4.78 is 13.2. The van der Waals surface area contributed by atoms with E-state index in [9.17, 15) is 4.39 Å². The Labute approximate surface area is 85.4 Å². The second kappa shape index (κ2) is 3.72. The van der Waals surface area contributed by atoms with Gasteiger partial charge in [0.2, 0.25) is 5.95 Å². The first-order valence-corrected chi connectivity index (χ1v) is 4.30. The first kappa shape index (κ1) is 9.09. The van der Waals surface area contributed by atoms with Crippen molar-refractivity contribution in [2.24, 2.45) is 0 Å². The molecular formula is C10H5ClFN2. The van der Waals surface area contributed by atoms with Crippen molar-refractivity contribution in [1.82, 2.24) is 9.97 Å². The summed E-state index contributed by atoms with van der Waals surface area (Å²) in [5, 5.41) is 0.340. The maximum Gasteiger partial charge on any atom is 0.239 e. The average molecular weight is 208 g/mol. The van der Waals surface area contributed by atoms with Crippen LogP contribution in [0.5, 0.6) is 0 Å². The lowest BCUT2D eigenvalue weighted by molar-refractivity contribution is 0.581. The van der Waals surface area contributed by atoms with Gasteiger partial charge in [-0.15, -0.1) is 0 Å². The molecule has 2 nitrogen and oxygen atoms in total. The molecule has 1 radical (unpaired) electrons. The molecule has 0 aliphatic heterocycles. The van der Waals surface area contributed by atoms with Crippen molar-refractivity contribution in [3.8, 4) is 11.3 Å². The zero-order valence-corrected chi connectivity index (χ0v) is 7.79. The van der Waals surface area contributed by atoms with E-state index in [-0.39, 0.29) is 5.69 Å². The molecule has 1 aromatic carbocycles. The number of rotatable bonds is 1. The van der Waals surface area contributed by atoms with Crippen LogP contribution in [0.2, 0.25) is 5.02 Å². The Kier molecular flexibility index (Phi) is 2.41. The minimum atomic E-state index is -0.631. The lowest BCUT2D eigenvalue weighted by Crippen LogP contribution is -1.92. The average Bonchev–Trinajstić information content (AvgIpc) is 2.20. The molecule has 14 heavy (non-hydrogen) atoms. The third kappa shape index (κ3) is 1.59. The fourth-order valence-corrected chi connectivity index (χ4v) is 1.32. The van der Waals surface area contributed by atoms with Crippen molar-refractivity contribution in [3.63, 3.8) is 0 Å². The predicted molar refractivity (Wildman–Crippen MR) is 51.3 cm³/mol. The van der Waals surface area contributed by atoms with E-state index in [4.69, 9.17) is 11.6 Å². The molecule has 69 valence electrons. The van der Waals surface area contributed by atoms with Gasteiger partial charge < -0.3 is 0 Å². The number of hydrogen-bond donors (Lipinski definition) is 0. The molecule has 2 aromatic rings. The summed E-state index contributed by atoms with van der Waals surface area (Å²) in [7, 11) is 0. The molecule has 0 saturated carbocycles. The molecule has 0 aliphatic rings. The van der Waals surface area contributed by atoms with Gasteiger partial charge in [0.1, 0.15) is 5.69 Å². The van der Waals surface area contributed by atoms with Crippen LogP contribution in [0.15, 0.2) is 30.6 Å². The summed E-state index contributed by atoms with van der Waals surface area (Å²) in [4.78, 5) is 7.36. The second-order valence-electron chi connectivity index (χ2n) is 2.59. The van der Waals surface area contributed by atoms with Crippen molar-refractivity contribution in [2.45, 2.75) is 0 Å². The lowest BCUT2D eigenvalue weighted by atomic mass is 10.1. The highest BCUT2D eigenvalue weighted by atomic mass is 35.5. The minimum Gasteiger partial charge on any atom is -0.250 e. The summed E-state index contributed by atoms with van der Waals surface area (Å²) in [6.07, 6.45) is 2.71. The second-order valence-corrected chi connectivity index (χ2v) is 2.97. The van der Waals surface area contributed by atoms with Crippen molar-refractivity contribution < 1.29 is 4.39 Å². The molecule has 0 spiro atoms. The summed E-state index contributed by atoms with van der Waals surface area (Å²) in [5.74, 6) is -0.631. The van der Waals surface area contributed by atoms with Crippen molar-refractivity contribution in [3.05, 3.63) is 47.6 Å². The number of halogens is 2. The van der Waals surface area contributed by atoms with Gasteiger partial charge in [-0.05, 0) is 0 Å². The zero-order chi connectivity index (χ0) is 9.97. The maximum absolute atomic E-state index is 13.2. The maximum atomic E-state index is 13.2. The Bertz CT molecular complexity index is 416. The zero-order valence-electron chi connectivity index (χ0n) is 7.04. The van der Waals surface area contributed by atoms with E-state index in [1.54, 1.807) is 18.2 Å². The monoisotopic (exact) mass is 207 g/mol. The van der Waals surface area contributed by atoms with Gasteiger partial charge in [-0.25, -0.2) is 9.97 Å². The molecule has 0 atom stereocenters. The van der Waals surface area contributed by atoms with Crippen LogP contribution in [-0.4, -0.2) is 9.97 Å². The Morgan fingerprint density at radius 1 is 1.29 bits per heavy atom. The Hall–Kier alpha value is -1.48. The van der Waals surface area contributed by atoms with E-state index < -0.39 is 5.95 Å². The van der Waals surface area contributed by atoms with E-state index in [1.165, 1.54) is 12.4 Å². The van der Waals surface area contributed by atoms with E-state index in [1.807, 2.05) is 0 Å². The number of aromatic nitrogens is 2. The first-order valence-electron chi connectivity index (χ1n) is 3.92. The van der Waals surface area contributed by atoms with Gasteiger partial charge in [-0.1, -0.05) is 29.8 Å². The molecule has 0 aliphatic carbocycles. The fraction of sp³-hybridized carbons (Fsp3) is 0. The Morgan fingerprint density at radius 3 is 2.79 bits per heavy atom. The van der Waals surface area contributed by atoms with Gasteiger partial charge in [-0.3, -0.25) is 0 Å². The van der Waals surface area contributed by atoms with Gasteiger partial charge in [-0.2, -0.15) is 4.39 Å². The van der Waals surface area contributed by atoms with E-state index in [0.717, 1.165) is 0 Å². The van der Waals surface area contributed by atoms with Crippen molar-refractivity contribution in [1.29, 1.82) is 0 Å². The summed E-state index contributed by atoms with van der Waals surface area (Å²) >= 11 is 5.84. The topological polar surface area (TPSA) is 25.8 Å². The third-order valence-corrected chi connectivity index (χ3v) is 2.03. The summed E-state index contributed by atoms with van der Waals surface area (Å²) in [6.45, 7) is 0. The Balaban J connectivity index is 2.61. The van der Waals surface area contributed by atoms with Crippen molar-refractivity contribution >= 4 is 11.6 Å². The smallest absolute Gasteiger partial charge is 0.239 e. The standard InChI is InChI=1S/C10H5ClFN2/c11-8-4-2-1-3-7(8)9-10(12)14-6-5-13-9/h1-3,5-6H. The number of benzene rings is 1. The van der Waals surface area contributed by atoms with E-state index in [2.05, 4.69) is 16.0 Å². The molecule has 0 fully saturated rings. The van der Waals surface area contributed by atoms with Gasteiger partial charge in [0.25, 0.3) is 0 Å². The highest BCUT2D eigenvalue weighted by Gasteiger charge is 2.09. The molecule has 4 heteroatoms. The van der Waals surface area contributed by atoms with Gasteiger partial charge in [0.15, 0.2) is 0 Å². The van der Waals surface area contributed by atoms with Crippen LogP contribution in [0.3, 0.4) is 0 Å². The summed E-state index contributed by atoms with van der Waals surface area (Å²) in [5.41, 5.74) is 0.647. The predicted octanol–water partition coefficient (Wildman–Crippen LogP) is 2.74. The van der Waals surface area contributed by atoms with Gasteiger partial charge >= 0.3 is 0 Å². The van der Waals surface area contributed by atoms with Crippen LogP contribution in [0.4, 0.5) is 4.39 Å². The minimum absolute atomic E-state index is 0.148. The number of hydrogen-bond acceptors (Lipinski definition) is 2.